The third-order valence-electron chi connectivity index (χ3n) is 12.9. The van der Waals surface area contributed by atoms with Gasteiger partial charge in [0, 0.05) is 33.4 Å². The van der Waals surface area contributed by atoms with Gasteiger partial charge < -0.3 is 9.32 Å². The van der Waals surface area contributed by atoms with E-state index in [0.717, 1.165) is 39.0 Å². The molecule has 0 radical (unpaired) electrons. The van der Waals surface area contributed by atoms with Gasteiger partial charge in [0.05, 0.1) is 5.41 Å². The molecule has 0 N–H and O–H groups in total. The highest BCUT2D eigenvalue weighted by atomic mass is 16.3. The van der Waals surface area contributed by atoms with E-state index in [1.165, 1.54) is 66.8 Å². The predicted molar refractivity (Wildman–Crippen MR) is 262 cm³/mol. The standard InChI is InChI=1S/C61H41NO/c1-6-18-42(19-7-1)43-30-32-44(33-31-43)45-34-36-50(37-35-45)62(49-26-14-5-15-27-49)51-38-39-52-54(40-51)61(47-22-10-3-11-23-47,48-24-12-4-13-25-48)55-41-57-60(53-28-16-17-29-56(53)63-57)58(59(52)55)46-20-8-2-9-21-46/h1-41H. The van der Waals surface area contributed by atoms with Crippen LogP contribution in [-0.4, -0.2) is 0 Å². The van der Waals surface area contributed by atoms with Crippen LogP contribution in [0.5, 0.6) is 0 Å². The minimum atomic E-state index is -0.669. The van der Waals surface area contributed by atoms with E-state index in [4.69, 9.17) is 4.42 Å². The number of hydrogen-bond acceptors (Lipinski definition) is 2. The SMILES string of the molecule is c1ccc(-c2ccc(-c3ccc(N(c4ccccc4)c4ccc5c(c4)C(c4ccccc4)(c4ccccc4)c4cc6oc7ccccc7c6c(-c6ccccc6)c4-5)cc3)cc2)cc1. The van der Waals surface area contributed by atoms with Gasteiger partial charge in [-0.3, -0.25) is 0 Å². The van der Waals surface area contributed by atoms with Crippen molar-refractivity contribution in [3.05, 3.63) is 271 Å². The summed E-state index contributed by atoms with van der Waals surface area (Å²) in [6.07, 6.45) is 0. The van der Waals surface area contributed by atoms with Crippen LogP contribution in [0, 0.1) is 0 Å². The Balaban J connectivity index is 1.10. The maximum Gasteiger partial charge on any atom is 0.136 e. The van der Waals surface area contributed by atoms with Crippen molar-refractivity contribution in [2.75, 3.05) is 4.90 Å². The molecule has 2 nitrogen and oxygen atoms in total. The Kier molecular flexibility index (Phi) is 8.76. The highest BCUT2D eigenvalue weighted by molar-refractivity contribution is 6.18. The number of hydrogen-bond donors (Lipinski definition) is 0. The maximum atomic E-state index is 6.84. The molecule has 0 fully saturated rings. The quantitative estimate of drug-likeness (QED) is 0.152. The first-order valence-electron chi connectivity index (χ1n) is 21.7. The molecule has 2 heteroatoms. The van der Waals surface area contributed by atoms with Crippen molar-refractivity contribution < 1.29 is 4.42 Å². The second-order valence-electron chi connectivity index (χ2n) is 16.4. The van der Waals surface area contributed by atoms with Crippen molar-refractivity contribution in [2.24, 2.45) is 0 Å². The van der Waals surface area contributed by atoms with Crippen LogP contribution in [0.3, 0.4) is 0 Å². The number of fused-ring (bicyclic) bond motifs is 6. The molecule has 1 aromatic heterocycles. The molecule has 0 aliphatic heterocycles. The fraction of sp³-hybridized carbons (Fsp3) is 0.0164. The average Bonchev–Trinajstić information content (AvgIpc) is 3.88. The molecule has 63 heavy (non-hydrogen) atoms. The van der Waals surface area contributed by atoms with E-state index < -0.39 is 5.41 Å². The lowest BCUT2D eigenvalue weighted by molar-refractivity contribution is 0.666. The Morgan fingerprint density at radius 3 is 1.38 bits per heavy atom. The van der Waals surface area contributed by atoms with Gasteiger partial charge in [-0.05, 0) is 110 Å². The second-order valence-corrected chi connectivity index (χ2v) is 16.4. The minimum absolute atomic E-state index is 0.669. The Hall–Kier alpha value is -8.20. The molecule has 0 unspecified atom stereocenters. The van der Waals surface area contributed by atoms with E-state index in [1.54, 1.807) is 0 Å². The zero-order valence-corrected chi connectivity index (χ0v) is 34.5. The molecule has 11 aromatic rings. The zero-order valence-electron chi connectivity index (χ0n) is 34.5. The van der Waals surface area contributed by atoms with E-state index >= 15 is 0 Å². The number of furan rings is 1. The molecule has 0 bridgehead atoms. The van der Waals surface area contributed by atoms with Crippen LogP contribution in [0.2, 0.25) is 0 Å². The number of benzene rings is 10. The molecule has 1 aliphatic carbocycles. The fourth-order valence-corrected chi connectivity index (χ4v) is 10.2. The number of nitrogens with zero attached hydrogens (tertiary/aromatic N) is 1. The topological polar surface area (TPSA) is 16.4 Å². The summed E-state index contributed by atoms with van der Waals surface area (Å²) < 4.78 is 6.84. The highest BCUT2D eigenvalue weighted by Gasteiger charge is 2.48. The van der Waals surface area contributed by atoms with Crippen LogP contribution in [0.15, 0.2) is 253 Å². The molecule has 1 aliphatic rings. The van der Waals surface area contributed by atoms with Crippen LogP contribution in [0.1, 0.15) is 22.3 Å². The Morgan fingerprint density at radius 1 is 0.317 bits per heavy atom. The second kappa shape index (κ2) is 15.1. The monoisotopic (exact) mass is 803 g/mol. The normalized spacial score (nSPS) is 12.6. The molecule has 0 saturated carbocycles. The van der Waals surface area contributed by atoms with Crippen molar-refractivity contribution >= 4 is 39.0 Å². The van der Waals surface area contributed by atoms with Gasteiger partial charge in [0.2, 0.25) is 0 Å². The summed E-state index contributed by atoms with van der Waals surface area (Å²) in [5, 5.41) is 2.26. The van der Waals surface area contributed by atoms with Gasteiger partial charge in [-0.15, -0.1) is 0 Å². The van der Waals surface area contributed by atoms with E-state index in [1.807, 2.05) is 0 Å². The molecule has 0 atom stereocenters. The smallest absolute Gasteiger partial charge is 0.136 e. The first-order chi connectivity index (χ1) is 31.3. The van der Waals surface area contributed by atoms with Gasteiger partial charge in [-0.1, -0.05) is 200 Å². The van der Waals surface area contributed by atoms with Gasteiger partial charge in [0.1, 0.15) is 11.2 Å². The highest BCUT2D eigenvalue weighted by Crippen LogP contribution is 2.61. The molecule has 0 saturated heterocycles. The zero-order chi connectivity index (χ0) is 41.7. The summed E-state index contributed by atoms with van der Waals surface area (Å²) >= 11 is 0. The van der Waals surface area contributed by atoms with Crippen molar-refractivity contribution in [3.63, 3.8) is 0 Å². The molecule has 12 rings (SSSR count). The number of rotatable bonds is 8. The summed E-state index contributed by atoms with van der Waals surface area (Å²) in [5.74, 6) is 0. The van der Waals surface area contributed by atoms with Crippen molar-refractivity contribution in [2.45, 2.75) is 5.41 Å². The molecule has 10 aromatic carbocycles. The van der Waals surface area contributed by atoms with Crippen molar-refractivity contribution in [1.29, 1.82) is 0 Å². The summed E-state index contributed by atoms with van der Waals surface area (Å²) in [5.41, 5.74) is 18.8. The molecule has 0 spiro atoms. The van der Waals surface area contributed by atoms with E-state index in [-0.39, 0.29) is 0 Å². The molecular weight excluding hydrogens is 763 g/mol. The van der Waals surface area contributed by atoms with Crippen LogP contribution in [0.25, 0.3) is 66.4 Å². The first-order valence-corrected chi connectivity index (χ1v) is 21.7. The summed E-state index contributed by atoms with van der Waals surface area (Å²) in [6, 6.07) is 90.1. The molecule has 0 amide bonds. The summed E-state index contributed by atoms with van der Waals surface area (Å²) in [6.45, 7) is 0. The van der Waals surface area contributed by atoms with Gasteiger partial charge >= 0.3 is 0 Å². The minimum Gasteiger partial charge on any atom is -0.456 e. The summed E-state index contributed by atoms with van der Waals surface area (Å²) in [7, 11) is 0. The van der Waals surface area contributed by atoms with Gasteiger partial charge in [-0.2, -0.15) is 0 Å². The largest absolute Gasteiger partial charge is 0.456 e. The van der Waals surface area contributed by atoms with Crippen molar-refractivity contribution in [3.8, 4) is 44.5 Å². The Labute approximate surface area is 367 Å². The van der Waals surface area contributed by atoms with Crippen molar-refractivity contribution in [1.82, 2.24) is 0 Å². The van der Waals surface area contributed by atoms with Crippen LogP contribution in [-0.2, 0) is 5.41 Å². The lowest BCUT2D eigenvalue weighted by atomic mass is 9.67. The first kappa shape index (κ1) is 36.6. The Bertz CT molecular complexity index is 3360. The van der Waals surface area contributed by atoms with E-state index in [0.29, 0.717) is 0 Å². The lowest BCUT2D eigenvalue weighted by Crippen LogP contribution is -2.28. The van der Waals surface area contributed by atoms with Crippen LogP contribution in [0.4, 0.5) is 17.1 Å². The van der Waals surface area contributed by atoms with E-state index in [2.05, 4.69) is 254 Å². The van der Waals surface area contributed by atoms with Crippen LogP contribution >= 0.6 is 0 Å². The molecule has 1 heterocycles. The number of anilines is 3. The van der Waals surface area contributed by atoms with E-state index in [9.17, 15) is 0 Å². The lowest BCUT2D eigenvalue weighted by Gasteiger charge is -2.35. The number of para-hydroxylation sites is 2. The van der Waals surface area contributed by atoms with Gasteiger partial charge in [0.15, 0.2) is 0 Å². The fourth-order valence-electron chi connectivity index (χ4n) is 10.2. The third kappa shape index (κ3) is 5.95. The Morgan fingerprint density at radius 2 is 0.778 bits per heavy atom. The maximum absolute atomic E-state index is 6.84. The molecule has 296 valence electrons. The third-order valence-corrected chi connectivity index (χ3v) is 12.9. The van der Waals surface area contributed by atoms with Gasteiger partial charge in [0.25, 0.3) is 0 Å². The summed E-state index contributed by atoms with van der Waals surface area (Å²) in [4.78, 5) is 2.39. The molecular formula is C61H41NO. The van der Waals surface area contributed by atoms with Gasteiger partial charge in [-0.25, -0.2) is 0 Å². The van der Waals surface area contributed by atoms with Crippen LogP contribution < -0.4 is 4.90 Å². The average molecular weight is 804 g/mol. The predicted octanol–water partition coefficient (Wildman–Crippen LogP) is 16.4.